The molecule has 0 aliphatic carbocycles. The molecule has 2 atom stereocenters. The van der Waals surface area contributed by atoms with Crippen LogP contribution in [0.25, 0.3) is 11.0 Å². The van der Waals surface area contributed by atoms with Gasteiger partial charge in [-0.25, -0.2) is 15.0 Å². The molecule has 11 heteroatoms. The first-order chi connectivity index (χ1) is 14.5. The largest absolute Gasteiger partial charge is 0.374 e. The van der Waals surface area contributed by atoms with Crippen molar-refractivity contribution in [3.05, 3.63) is 6.33 Å². The first-order valence-electron chi connectivity index (χ1n) is 10.5. The highest BCUT2D eigenvalue weighted by atomic mass is 32.2. The molecular formula is C19H29N7O3S. The Kier molecular flexibility index (Phi) is 6.30. The summed E-state index contributed by atoms with van der Waals surface area (Å²) < 4.78 is 11.9. The third-order valence-corrected chi connectivity index (χ3v) is 6.88. The van der Waals surface area contributed by atoms with Crippen molar-refractivity contribution in [3.8, 4) is 0 Å². The molecule has 2 saturated heterocycles. The van der Waals surface area contributed by atoms with Gasteiger partial charge in [0.1, 0.15) is 29.8 Å². The highest BCUT2D eigenvalue weighted by molar-refractivity contribution is 7.85. The molecule has 2 unspecified atom stereocenters. The summed E-state index contributed by atoms with van der Waals surface area (Å²) in [4.78, 5) is 24.1. The van der Waals surface area contributed by atoms with Gasteiger partial charge in [0, 0.05) is 48.5 Å². The van der Waals surface area contributed by atoms with Crippen LogP contribution in [0.4, 0.5) is 17.6 Å². The van der Waals surface area contributed by atoms with Crippen LogP contribution in [0.5, 0.6) is 0 Å². The number of fused-ring (bicyclic) bond motifs is 1. The van der Waals surface area contributed by atoms with E-state index in [1.165, 1.54) is 11.3 Å². The lowest BCUT2D eigenvalue weighted by Gasteiger charge is -2.33. The van der Waals surface area contributed by atoms with Gasteiger partial charge in [-0.2, -0.15) is 4.98 Å². The molecule has 30 heavy (non-hydrogen) atoms. The van der Waals surface area contributed by atoms with Gasteiger partial charge in [-0.3, -0.25) is 9.11 Å². The number of anilines is 3. The first-order valence-corrected chi connectivity index (χ1v) is 12.0. The Bertz CT molecular complexity index is 902. The molecule has 4 heterocycles. The number of nitrogens with zero attached hydrogens (tertiary/aromatic N) is 7. The number of aliphatic hydroxyl groups is 2. The minimum absolute atomic E-state index is 0.224. The van der Waals surface area contributed by atoms with Gasteiger partial charge in [0.2, 0.25) is 5.95 Å². The summed E-state index contributed by atoms with van der Waals surface area (Å²) in [5, 5.41) is 20.5. The molecule has 2 aromatic rings. The molecule has 0 spiro atoms. The fourth-order valence-corrected chi connectivity index (χ4v) is 5.13. The summed E-state index contributed by atoms with van der Waals surface area (Å²) in [5.41, 5.74) is 1.25. The molecular weight excluding hydrogens is 406 g/mol. The topological polar surface area (TPSA) is 119 Å². The van der Waals surface area contributed by atoms with Crippen molar-refractivity contribution in [2.45, 2.75) is 45.6 Å². The minimum atomic E-state index is -0.979. The van der Waals surface area contributed by atoms with Gasteiger partial charge in [0.25, 0.3) is 0 Å². The van der Waals surface area contributed by atoms with Crippen molar-refractivity contribution in [2.24, 2.45) is 0 Å². The standard InChI is InChI=1S/C19H29N7O3S/c1-13(27)26(14(2)28)19-22-16-15(18(23-19)25-8-10-30(29)11-9-25)20-12-21-17(16)24-6-4-3-5-7-24/h12-14,27-28H,3-11H2,1-2H3. The smallest absolute Gasteiger partial charge is 0.232 e. The molecule has 2 N–H and O–H groups in total. The third-order valence-electron chi connectivity index (χ3n) is 5.60. The van der Waals surface area contributed by atoms with E-state index in [4.69, 9.17) is 9.97 Å². The number of hydrogen-bond acceptors (Lipinski definition) is 10. The van der Waals surface area contributed by atoms with Crippen LogP contribution >= 0.6 is 0 Å². The van der Waals surface area contributed by atoms with Crippen LogP contribution in [-0.4, -0.2) is 84.5 Å². The third kappa shape index (κ3) is 4.19. The zero-order valence-corrected chi connectivity index (χ0v) is 18.3. The number of aliphatic hydroxyl groups excluding tert-OH is 2. The minimum Gasteiger partial charge on any atom is -0.374 e. The van der Waals surface area contributed by atoms with E-state index >= 15 is 0 Å². The van der Waals surface area contributed by atoms with E-state index in [1.54, 1.807) is 20.2 Å². The second kappa shape index (κ2) is 8.94. The van der Waals surface area contributed by atoms with Crippen LogP contribution < -0.4 is 14.7 Å². The maximum Gasteiger partial charge on any atom is 0.232 e. The number of piperidine rings is 1. The highest BCUT2D eigenvalue weighted by Crippen LogP contribution is 2.32. The molecule has 2 fully saturated rings. The van der Waals surface area contributed by atoms with Gasteiger partial charge in [-0.05, 0) is 33.1 Å². The van der Waals surface area contributed by atoms with Gasteiger partial charge in [0.05, 0.1) is 0 Å². The van der Waals surface area contributed by atoms with Gasteiger partial charge in [-0.1, -0.05) is 0 Å². The normalized spacial score (nSPS) is 20.4. The van der Waals surface area contributed by atoms with E-state index in [9.17, 15) is 14.4 Å². The van der Waals surface area contributed by atoms with E-state index in [0.717, 1.165) is 31.7 Å². The van der Waals surface area contributed by atoms with Gasteiger partial charge in [0.15, 0.2) is 11.6 Å². The molecule has 0 amide bonds. The van der Waals surface area contributed by atoms with Crippen LogP contribution in [0.3, 0.4) is 0 Å². The molecule has 0 saturated carbocycles. The molecule has 0 bridgehead atoms. The second-order valence-electron chi connectivity index (χ2n) is 7.80. The van der Waals surface area contributed by atoms with Crippen molar-refractivity contribution in [1.82, 2.24) is 19.9 Å². The zero-order valence-electron chi connectivity index (χ0n) is 17.4. The van der Waals surface area contributed by atoms with Crippen LogP contribution in [0.2, 0.25) is 0 Å². The van der Waals surface area contributed by atoms with Crippen molar-refractivity contribution in [3.63, 3.8) is 0 Å². The summed E-state index contributed by atoms with van der Waals surface area (Å²) in [7, 11) is -0.822. The first kappa shape index (κ1) is 21.1. The lowest BCUT2D eigenvalue weighted by Crippen LogP contribution is -2.42. The Balaban J connectivity index is 1.88. The Morgan fingerprint density at radius 3 is 2.17 bits per heavy atom. The van der Waals surface area contributed by atoms with E-state index in [-0.39, 0.29) is 5.95 Å². The summed E-state index contributed by atoms with van der Waals surface area (Å²) >= 11 is 0. The number of rotatable bonds is 5. The second-order valence-corrected chi connectivity index (χ2v) is 9.49. The average molecular weight is 436 g/mol. The lowest BCUT2D eigenvalue weighted by molar-refractivity contribution is 0.103. The average Bonchev–Trinajstić information content (AvgIpc) is 2.73. The predicted octanol–water partition coefficient (Wildman–Crippen LogP) is 0.462. The fourth-order valence-electron chi connectivity index (χ4n) is 4.08. The Morgan fingerprint density at radius 1 is 0.900 bits per heavy atom. The molecule has 164 valence electrons. The van der Waals surface area contributed by atoms with Crippen LogP contribution in [0.1, 0.15) is 33.1 Å². The predicted molar refractivity (Wildman–Crippen MR) is 117 cm³/mol. The maximum atomic E-state index is 11.9. The SMILES string of the molecule is CC(O)N(c1nc(N2CCS(=O)CC2)c2ncnc(N3CCCCC3)c2n1)C(C)O. The van der Waals surface area contributed by atoms with Gasteiger partial charge < -0.3 is 20.0 Å². The summed E-state index contributed by atoms with van der Waals surface area (Å²) in [6.07, 6.45) is 2.98. The van der Waals surface area contributed by atoms with Gasteiger partial charge >= 0.3 is 0 Å². The lowest BCUT2D eigenvalue weighted by atomic mass is 10.1. The van der Waals surface area contributed by atoms with Crippen molar-refractivity contribution in [2.75, 3.05) is 52.4 Å². The monoisotopic (exact) mass is 435 g/mol. The Hall–Kier alpha value is -2.11. The summed E-state index contributed by atoms with van der Waals surface area (Å²) in [5.74, 6) is 2.74. The van der Waals surface area contributed by atoms with Crippen molar-refractivity contribution in [1.29, 1.82) is 0 Å². The molecule has 0 radical (unpaired) electrons. The molecule has 2 aliphatic heterocycles. The number of aromatic nitrogens is 4. The van der Waals surface area contributed by atoms with E-state index < -0.39 is 23.3 Å². The van der Waals surface area contributed by atoms with Crippen molar-refractivity contribution < 1.29 is 14.4 Å². The molecule has 2 aliphatic rings. The zero-order chi connectivity index (χ0) is 21.3. The summed E-state index contributed by atoms with van der Waals surface area (Å²) in [6, 6.07) is 0. The van der Waals surface area contributed by atoms with E-state index in [0.29, 0.717) is 41.4 Å². The summed E-state index contributed by atoms with van der Waals surface area (Å²) in [6.45, 7) is 6.14. The van der Waals surface area contributed by atoms with E-state index in [2.05, 4.69) is 19.8 Å². The van der Waals surface area contributed by atoms with E-state index in [1.807, 2.05) is 0 Å². The van der Waals surface area contributed by atoms with Crippen LogP contribution in [-0.2, 0) is 10.8 Å². The fraction of sp³-hybridized carbons (Fsp3) is 0.684. The van der Waals surface area contributed by atoms with Crippen LogP contribution in [0, 0.1) is 0 Å². The molecule has 0 aromatic carbocycles. The van der Waals surface area contributed by atoms with Crippen LogP contribution in [0.15, 0.2) is 6.33 Å². The molecule has 10 nitrogen and oxygen atoms in total. The van der Waals surface area contributed by atoms with Gasteiger partial charge in [-0.15, -0.1) is 0 Å². The number of hydrogen-bond donors (Lipinski definition) is 2. The molecule has 4 rings (SSSR count). The highest BCUT2D eigenvalue weighted by Gasteiger charge is 2.28. The Morgan fingerprint density at radius 2 is 1.53 bits per heavy atom. The quantitative estimate of drug-likeness (QED) is 0.641. The molecule has 2 aromatic heterocycles. The maximum absolute atomic E-state index is 11.9. The van der Waals surface area contributed by atoms with Crippen molar-refractivity contribution >= 4 is 39.4 Å². The Labute approximate surface area is 178 Å².